The van der Waals surface area contributed by atoms with Crippen LogP contribution in [0.2, 0.25) is 0 Å². The van der Waals surface area contributed by atoms with Gasteiger partial charge in [-0.1, -0.05) is 0 Å². The van der Waals surface area contributed by atoms with Crippen molar-refractivity contribution >= 4 is 23.4 Å². The van der Waals surface area contributed by atoms with Gasteiger partial charge in [-0.2, -0.15) is 0 Å². The molecular formula is C14H17ClO3. The maximum atomic E-state index is 11.8. The molecule has 0 spiro atoms. The minimum absolute atomic E-state index is 0.0462. The van der Waals surface area contributed by atoms with Crippen LogP contribution in [0.15, 0.2) is 18.2 Å². The van der Waals surface area contributed by atoms with Crippen molar-refractivity contribution in [3.05, 3.63) is 29.3 Å². The zero-order chi connectivity index (χ0) is 13.9. The van der Waals surface area contributed by atoms with E-state index in [-0.39, 0.29) is 17.6 Å². The molecule has 0 aliphatic rings. The van der Waals surface area contributed by atoms with Crippen molar-refractivity contribution in [2.75, 3.05) is 0 Å². The molecule has 1 aromatic carbocycles. The Kier molecular flexibility index (Phi) is 4.52. The fourth-order valence-electron chi connectivity index (χ4n) is 1.26. The lowest BCUT2D eigenvalue weighted by molar-refractivity contribution is -0.143. The smallest absolute Gasteiger partial charge is 0.316 e. The molecule has 0 saturated carbocycles. The van der Waals surface area contributed by atoms with E-state index in [1.165, 1.54) is 6.92 Å². The van der Waals surface area contributed by atoms with Crippen LogP contribution >= 0.6 is 11.6 Å². The predicted octanol–water partition coefficient (Wildman–Crippen LogP) is 3.58. The van der Waals surface area contributed by atoms with Crippen LogP contribution in [0.1, 0.15) is 43.6 Å². The van der Waals surface area contributed by atoms with Crippen molar-refractivity contribution in [3.63, 3.8) is 0 Å². The van der Waals surface area contributed by atoms with Gasteiger partial charge in [-0.15, -0.1) is 11.6 Å². The highest BCUT2D eigenvalue weighted by molar-refractivity contribution is 6.17. The second-order valence-electron chi connectivity index (χ2n) is 5.15. The average Bonchev–Trinajstić information content (AvgIpc) is 2.27. The van der Waals surface area contributed by atoms with Gasteiger partial charge in [-0.05, 0) is 45.9 Å². The molecule has 0 heterocycles. The van der Waals surface area contributed by atoms with Gasteiger partial charge in [0.1, 0.15) is 5.75 Å². The third-order valence-corrected chi connectivity index (χ3v) is 2.71. The van der Waals surface area contributed by atoms with E-state index >= 15 is 0 Å². The number of benzene rings is 1. The molecule has 3 nitrogen and oxygen atoms in total. The summed E-state index contributed by atoms with van der Waals surface area (Å²) in [7, 11) is 0. The summed E-state index contributed by atoms with van der Waals surface area (Å²) in [5.74, 6) is 0.225. The summed E-state index contributed by atoms with van der Waals surface area (Å²) in [5, 5.41) is 0. The summed E-state index contributed by atoms with van der Waals surface area (Å²) in [4.78, 5) is 23.0. The van der Waals surface area contributed by atoms with Gasteiger partial charge < -0.3 is 4.74 Å². The molecule has 0 bridgehead atoms. The Balaban J connectivity index is 3.04. The van der Waals surface area contributed by atoms with Crippen LogP contribution in [-0.2, 0) is 10.7 Å². The van der Waals surface area contributed by atoms with Crippen LogP contribution in [0, 0.1) is 5.41 Å². The number of hydrogen-bond donors (Lipinski definition) is 0. The van der Waals surface area contributed by atoms with Crippen molar-refractivity contribution in [2.24, 2.45) is 5.41 Å². The number of rotatable bonds is 3. The molecule has 0 aliphatic heterocycles. The van der Waals surface area contributed by atoms with E-state index in [0.717, 1.165) is 0 Å². The number of halogens is 1. The molecule has 0 aliphatic carbocycles. The zero-order valence-electron chi connectivity index (χ0n) is 11.0. The maximum absolute atomic E-state index is 11.8. The summed E-state index contributed by atoms with van der Waals surface area (Å²) in [5.41, 5.74) is 0.617. The van der Waals surface area contributed by atoms with Crippen LogP contribution in [0.25, 0.3) is 0 Å². The van der Waals surface area contributed by atoms with Gasteiger partial charge in [0.25, 0.3) is 0 Å². The Hall–Kier alpha value is -1.35. The van der Waals surface area contributed by atoms with Crippen LogP contribution in [0.5, 0.6) is 5.75 Å². The lowest BCUT2D eigenvalue weighted by Gasteiger charge is -2.17. The Morgan fingerprint density at radius 1 is 1.28 bits per heavy atom. The summed E-state index contributed by atoms with van der Waals surface area (Å²) in [6, 6.07) is 4.89. The molecule has 0 atom stereocenters. The molecule has 1 aromatic rings. The molecule has 98 valence electrons. The van der Waals surface area contributed by atoms with Gasteiger partial charge in [-0.3, -0.25) is 9.59 Å². The molecule has 0 saturated heterocycles. The van der Waals surface area contributed by atoms with E-state index < -0.39 is 5.41 Å². The number of alkyl halides is 1. The molecule has 0 fully saturated rings. The SMILES string of the molecule is CC(=O)c1ccc(OC(=O)C(C)(C)C)c(CCl)c1. The Morgan fingerprint density at radius 2 is 1.89 bits per heavy atom. The molecular weight excluding hydrogens is 252 g/mol. The van der Waals surface area contributed by atoms with Gasteiger partial charge in [0, 0.05) is 11.1 Å². The fourth-order valence-corrected chi connectivity index (χ4v) is 1.46. The third kappa shape index (κ3) is 3.57. The van der Waals surface area contributed by atoms with E-state index in [2.05, 4.69) is 0 Å². The van der Waals surface area contributed by atoms with Gasteiger partial charge in [0.05, 0.1) is 11.3 Å². The Bertz CT molecular complexity index is 472. The topological polar surface area (TPSA) is 43.4 Å². The highest BCUT2D eigenvalue weighted by Crippen LogP contribution is 2.25. The van der Waals surface area contributed by atoms with E-state index in [0.29, 0.717) is 16.9 Å². The zero-order valence-corrected chi connectivity index (χ0v) is 11.8. The largest absolute Gasteiger partial charge is 0.426 e. The minimum atomic E-state index is -0.581. The average molecular weight is 269 g/mol. The maximum Gasteiger partial charge on any atom is 0.316 e. The summed E-state index contributed by atoms with van der Waals surface area (Å²) in [6.07, 6.45) is 0. The summed E-state index contributed by atoms with van der Waals surface area (Å²) < 4.78 is 5.30. The van der Waals surface area contributed by atoms with E-state index in [4.69, 9.17) is 16.3 Å². The first-order chi connectivity index (χ1) is 8.25. The minimum Gasteiger partial charge on any atom is -0.426 e. The lowest BCUT2D eigenvalue weighted by atomic mass is 9.97. The van der Waals surface area contributed by atoms with E-state index in [1.807, 2.05) is 0 Å². The van der Waals surface area contributed by atoms with Crippen LogP contribution < -0.4 is 4.74 Å². The normalized spacial score (nSPS) is 11.2. The predicted molar refractivity (Wildman–Crippen MR) is 71.1 cm³/mol. The monoisotopic (exact) mass is 268 g/mol. The van der Waals surface area contributed by atoms with E-state index in [1.54, 1.807) is 39.0 Å². The van der Waals surface area contributed by atoms with Crippen LogP contribution in [-0.4, -0.2) is 11.8 Å². The fraction of sp³-hybridized carbons (Fsp3) is 0.429. The van der Waals surface area contributed by atoms with Crippen molar-refractivity contribution in [1.29, 1.82) is 0 Å². The first-order valence-electron chi connectivity index (χ1n) is 5.68. The quantitative estimate of drug-likeness (QED) is 0.364. The Labute approximate surface area is 112 Å². The highest BCUT2D eigenvalue weighted by atomic mass is 35.5. The van der Waals surface area contributed by atoms with Gasteiger partial charge in [0.2, 0.25) is 0 Å². The second-order valence-corrected chi connectivity index (χ2v) is 5.42. The second kappa shape index (κ2) is 5.53. The third-order valence-electron chi connectivity index (χ3n) is 2.43. The number of ether oxygens (including phenoxy) is 1. The van der Waals surface area contributed by atoms with E-state index in [9.17, 15) is 9.59 Å². The first kappa shape index (κ1) is 14.7. The number of Topliss-reactive ketones (excluding diaryl/α,β-unsaturated/α-hetero) is 1. The molecule has 4 heteroatoms. The summed E-state index contributed by atoms with van der Waals surface area (Å²) in [6.45, 7) is 6.81. The van der Waals surface area contributed by atoms with Crippen molar-refractivity contribution in [2.45, 2.75) is 33.6 Å². The Morgan fingerprint density at radius 3 is 2.33 bits per heavy atom. The van der Waals surface area contributed by atoms with Crippen molar-refractivity contribution < 1.29 is 14.3 Å². The molecule has 0 aromatic heterocycles. The molecule has 0 unspecified atom stereocenters. The number of carbonyl (C=O) groups is 2. The van der Waals surface area contributed by atoms with Gasteiger partial charge in [0.15, 0.2) is 5.78 Å². The molecule has 18 heavy (non-hydrogen) atoms. The van der Waals surface area contributed by atoms with Crippen molar-refractivity contribution in [1.82, 2.24) is 0 Å². The van der Waals surface area contributed by atoms with Gasteiger partial charge in [-0.25, -0.2) is 0 Å². The standard InChI is InChI=1S/C14H17ClO3/c1-9(16)10-5-6-12(11(7-10)8-15)18-13(17)14(2,3)4/h5-7H,8H2,1-4H3. The van der Waals surface area contributed by atoms with Gasteiger partial charge >= 0.3 is 5.97 Å². The molecule has 0 radical (unpaired) electrons. The number of ketones is 1. The molecule has 0 N–H and O–H groups in total. The number of hydrogen-bond acceptors (Lipinski definition) is 3. The molecule has 0 amide bonds. The lowest BCUT2D eigenvalue weighted by Crippen LogP contribution is -2.26. The summed E-state index contributed by atoms with van der Waals surface area (Å²) >= 11 is 5.80. The first-order valence-corrected chi connectivity index (χ1v) is 6.21. The van der Waals surface area contributed by atoms with Crippen LogP contribution in [0.4, 0.5) is 0 Å². The van der Waals surface area contributed by atoms with Crippen LogP contribution in [0.3, 0.4) is 0 Å². The number of esters is 1. The highest BCUT2D eigenvalue weighted by Gasteiger charge is 2.24. The van der Waals surface area contributed by atoms with Crippen molar-refractivity contribution in [3.8, 4) is 5.75 Å². The number of carbonyl (C=O) groups excluding carboxylic acids is 2. The molecule has 1 rings (SSSR count).